The molecule has 1 aromatic rings. The maximum absolute atomic E-state index is 12.1. The molecule has 0 spiro atoms. The normalized spacial score (nSPS) is 17.5. The molecule has 0 aliphatic carbocycles. The Hall–Kier alpha value is -0.840. The molecule has 148 valence electrons. The van der Waals surface area contributed by atoms with Crippen LogP contribution in [0.2, 0.25) is 0 Å². The standard InChI is InChI=1S/C17H24F3N3OS.HI/c1-2-21-16(23-11-15-4-3-9-25-15)22-10-13-5-7-14(8-6-13)24-12-17(18,19)20;/h5-8,15H,2-4,9-12H2,1H3,(H2,21,22,23);1H. The Morgan fingerprint density at radius 3 is 2.58 bits per heavy atom. The third-order valence-electron chi connectivity index (χ3n) is 3.61. The van der Waals surface area contributed by atoms with E-state index in [0.717, 1.165) is 24.6 Å². The first-order valence-electron chi connectivity index (χ1n) is 8.38. The molecule has 4 nitrogen and oxygen atoms in total. The summed E-state index contributed by atoms with van der Waals surface area (Å²) in [6.45, 7) is 2.84. The van der Waals surface area contributed by atoms with Crippen molar-refractivity contribution in [1.82, 2.24) is 10.6 Å². The van der Waals surface area contributed by atoms with E-state index < -0.39 is 12.8 Å². The van der Waals surface area contributed by atoms with E-state index >= 15 is 0 Å². The first-order chi connectivity index (χ1) is 12.0. The molecule has 2 N–H and O–H groups in total. The Morgan fingerprint density at radius 2 is 2.00 bits per heavy atom. The molecule has 1 unspecified atom stereocenters. The van der Waals surface area contributed by atoms with Crippen molar-refractivity contribution in [3.63, 3.8) is 0 Å². The van der Waals surface area contributed by atoms with E-state index in [1.165, 1.54) is 30.7 Å². The first kappa shape index (κ1) is 23.2. The van der Waals surface area contributed by atoms with Gasteiger partial charge in [0.15, 0.2) is 12.6 Å². The van der Waals surface area contributed by atoms with Gasteiger partial charge >= 0.3 is 6.18 Å². The molecule has 2 rings (SSSR count). The molecule has 26 heavy (non-hydrogen) atoms. The number of benzene rings is 1. The van der Waals surface area contributed by atoms with Crippen LogP contribution in [0.4, 0.5) is 13.2 Å². The van der Waals surface area contributed by atoms with Crippen LogP contribution in [0.3, 0.4) is 0 Å². The van der Waals surface area contributed by atoms with Crippen molar-refractivity contribution in [3.8, 4) is 5.75 Å². The van der Waals surface area contributed by atoms with Gasteiger partial charge in [-0.1, -0.05) is 12.1 Å². The van der Waals surface area contributed by atoms with Gasteiger partial charge in [0.25, 0.3) is 0 Å². The molecule has 0 aromatic heterocycles. The molecule has 1 atom stereocenters. The molecule has 0 saturated carbocycles. The third kappa shape index (κ3) is 9.20. The number of guanidine groups is 1. The zero-order chi connectivity index (χ0) is 18.1. The summed E-state index contributed by atoms with van der Waals surface area (Å²) in [5, 5.41) is 7.19. The molecular weight excluding hydrogens is 478 g/mol. The van der Waals surface area contributed by atoms with Gasteiger partial charge in [0.05, 0.1) is 6.54 Å². The molecule has 1 heterocycles. The van der Waals surface area contributed by atoms with Gasteiger partial charge in [0.2, 0.25) is 0 Å². The Kier molecular flexibility index (Phi) is 10.5. The molecular formula is C17H25F3IN3OS. The van der Waals surface area contributed by atoms with Crippen LogP contribution < -0.4 is 15.4 Å². The highest BCUT2D eigenvalue weighted by Gasteiger charge is 2.28. The molecule has 1 aliphatic heterocycles. The number of aliphatic imine (C=N–C) groups is 1. The van der Waals surface area contributed by atoms with E-state index in [4.69, 9.17) is 4.74 Å². The van der Waals surface area contributed by atoms with E-state index in [2.05, 4.69) is 15.6 Å². The number of hydrogen-bond donors (Lipinski definition) is 2. The molecule has 1 fully saturated rings. The number of rotatable bonds is 7. The summed E-state index contributed by atoms with van der Waals surface area (Å²) >= 11 is 1.99. The average molecular weight is 503 g/mol. The van der Waals surface area contributed by atoms with Gasteiger partial charge in [-0.2, -0.15) is 24.9 Å². The highest BCUT2D eigenvalue weighted by Crippen LogP contribution is 2.25. The number of halogens is 4. The van der Waals surface area contributed by atoms with Crippen molar-refractivity contribution in [2.45, 2.75) is 37.7 Å². The quantitative estimate of drug-likeness (QED) is 0.333. The van der Waals surface area contributed by atoms with Crippen LogP contribution in [0.1, 0.15) is 25.3 Å². The second-order valence-electron chi connectivity index (χ2n) is 5.76. The largest absolute Gasteiger partial charge is 0.484 e. The zero-order valence-corrected chi connectivity index (χ0v) is 17.8. The fourth-order valence-electron chi connectivity index (χ4n) is 2.38. The first-order valence-corrected chi connectivity index (χ1v) is 9.43. The molecule has 0 amide bonds. The van der Waals surface area contributed by atoms with Gasteiger partial charge in [-0.15, -0.1) is 24.0 Å². The van der Waals surface area contributed by atoms with Crippen LogP contribution in [0.15, 0.2) is 29.3 Å². The van der Waals surface area contributed by atoms with Gasteiger partial charge in [0, 0.05) is 18.3 Å². The second kappa shape index (κ2) is 11.8. The van der Waals surface area contributed by atoms with Crippen LogP contribution >= 0.6 is 35.7 Å². The Bertz CT molecular complexity index is 549. The Morgan fingerprint density at radius 1 is 1.27 bits per heavy atom. The summed E-state index contributed by atoms with van der Waals surface area (Å²) in [5.41, 5.74) is 0.909. The lowest BCUT2D eigenvalue weighted by molar-refractivity contribution is -0.153. The fraction of sp³-hybridized carbons (Fsp3) is 0.588. The molecule has 1 aliphatic rings. The molecule has 1 saturated heterocycles. The Balaban J connectivity index is 0.00000338. The van der Waals surface area contributed by atoms with E-state index in [0.29, 0.717) is 11.8 Å². The Labute approximate surface area is 173 Å². The van der Waals surface area contributed by atoms with Gasteiger partial charge in [-0.05, 0) is 43.2 Å². The highest BCUT2D eigenvalue weighted by atomic mass is 127. The van der Waals surface area contributed by atoms with Gasteiger partial charge in [-0.25, -0.2) is 4.99 Å². The van der Waals surface area contributed by atoms with Crippen molar-refractivity contribution in [2.24, 2.45) is 4.99 Å². The predicted molar refractivity (Wildman–Crippen MR) is 112 cm³/mol. The number of ether oxygens (including phenoxy) is 1. The maximum Gasteiger partial charge on any atom is 0.422 e. The number of alkyl halides is 3. The van der Waals surface area contributed by atoms with Gasteiger partial charge in [0.1, 0.15) is 5.75 Å². The summed E-state index contributed by atoms with van der Waals surface area (Å²) in [7, 11) is 0. The summed E-state index contributed by atoms with van der Waals surface area (Å²) in [4.78, 5) is 4.52. The van der Waals surface area contributed by atoms with Crippen molar-refractivity contribution >= 4 is 41.7 Å². The SMILES string of the molecule is CCNC(=NCc1ccc(OCC(F)(F)F)cc1)NCC1CCCS1.I. The lowest BCUT2D eigenvalue weighted by Gasteiger charge is -2.14. The number of nitrogens with zero attached hydrogens (tertiary/aromatic N) is 1. The van der Waals surface area contributed by atoms with Crippen LogP contribution in [0.5, 0.6) is 5.75 Å². The summed E-state index contributed by atoms with van der Waals surface area (Å²) in [5.74, 6) is 2.18. The molecule has 1 aromatic carbocycles. The smallest absolute Gasteiger partial charge is 0.422 e. The van der Waals surface area contributed by atoms with E-state index in [1.807, 2.05) is 18.7 Å². The van der Waals surface area contributed by atoms with Crippen LogP contribution in [0.25, 0.3) is 0 Å². The van der Waals surface area contributed by atoms with Crippen molar-refractivity contribution in [2.75, 3.05) is 25.4 Å². The number of hydrogen-bond acceptors (Lipinski definition) is 3. The van der Waals surface area contributed by atoms with Crippen LogP contribution in [0, 0.1) is 0 Å². The lowest BCUT2D eigenvalue weighted by atomic mass is 10.2. The second-order valence-corrected chi connectivity index (χ2v) is 7.17. The molecule has 9 heteroatoms. The summed E-state index contributed by atoms with van der Waals surface area (Å²) in [6.07, 6.45) is -1.82. The van der Waals surface area contributed by atoms with Crippen molar-refractivity contribution in [1.29, 1.82) is 0 Å². The van der Waals surface area contributed by atoms with Crippen LogP contribution in [-0.2, 0) is 6.54 Å². The van der Waals surface area contributed by atoms with E-state index in [-0.39, 0.29) is 29.7 Å². The average Bonchev–Trinajstić information content (AvgIpc) is 3.09. The predicted octanol–water partition coefficient (Wildman–Crippen LogP) is 4.20. The van der Waals surface area contributed by atoms with Crippen molar-refractivity contribution < 1.29 is 17.9 Å². The number of thioether (sulfide) groups is 1. The minimum Gasteiger partial charge on any atom is -0.484 e. The maximum atomic E-state index is 12.1. The van der Waals surface area contributed by atoms with Gasteiger partial charge in [-0.3, -0.25) is 0 Å². The highest BCUT2D eigenvalue weighted by molar-refractivity contribution is 14.0. The van der Waals surface area contributed by atoms with E-state index in [1.54, 1.807) is 12.1 Å². The monoisotopic (exact) mass is 503 g/mol. The van der Waals surface area contributed by atoms with Gasteiger partial charge < -0.3 is 15.4 Å². The lowest BCUT2D eigenvalue weighted by Crippen LogP contribution is -2.40. The summed E-state index contributed by atoms with van der Waals surface area (Å²) in [6, 6.07) is 6.52. The van der Waals surface area contributed by atoms with Crippen molar-refractivity contribution in [3.05, 3.63) is 29.8 Å². The van der Waals surface area contributed by atoms with Crippen LogP contribution in [-0.4, -0.2) is 42.8 Å². The fourth-order valence-corrected chi connectivity index (χ4v) is 3.59. The topological polar surface area (TPSA) is 45.7 Å². The molecule has 0 radical (unpaired) electrons. The zero-order valence-electron chi connectivity index (χ0n) is 14.6. The number of nitrogens with one attached hydrogen (secondary N) is 2. The molecule has 0 bridgehead atoms. The van der Waals surface area contributed by atoms with E-state index in [9.17, 15) is 13.2 Å². The summed E-state index contributed by atoms with van der Waals surface area (Å²) < 4.78 is 41.1. The minimum atomic E-state index is -4.33. The minimum absolute atomic E-state index is 0. The third-order valence-corrected chi connectivity index (χ3v) is 5.01.